The van der Waals surface area contributed by atoms with Crippen LogP contribution in [0, 0.1) is 6.92 Å². The highest BCUT2D eigenvalue weighted by molar-refractivity contribution is 6.42. The summed E-state index contributed by atoms with van der Waals surface area (Å²) in [5.74, 6) is 0.279. The molecule has 0 atom stereocenters. The lowest BCUT2D eigenvalue weighted by molar-refractivity contribution is 1.04. The van der Waals surface area contributed by atoms with Gasteiger partial charge >= 0.3 is 0 Å². The Morgan fingerprint density at radius 2 is 2.11 bits per heavy atom. The van der Waals surface area contributed by atoms with Crippen LogP contribution in [0.4, 0.5) is 5.95 Å². The van der Waals surface area contributed by atoms with Crippen molar-refractivity contribution >= 4 is 35.4 Å². The molecule has 0 aliphatic carbocycles. The number of hydrogen-bond donors (Lipinski definition) is 2. The maximum absolute atomic E-state index is 11.2. The molecule has 2 N–H and O–H groups in total. The van der Waals surface area contributed by atoms with E-state index in [-0.39, 0.29) is 11.5 Å². The molecule has 2 aromatic rings. The van der Waals surface area contributed by atoms with E-state index in [4.69, 9.17) is 23.2 Å². The zero-order valence-electron chi connectivity index (χ0n) is 9.95. The fraction of sp³-hybridized carbons (Fsp3) is 0.0833. The van der Waals surface area contributed by atoms with Crippen molar-refractivity contribution in [3.05, 3.63) is 55.9 Å². The molecule has 0 saturated carbocycles. The molecule has 7 heteroatoms. The Morgan fingerprint density at radius 3 is 2.79 bits per heavy atom. The molecule has 1 heterocycles. The van der Waals surface area contributed by atoms with E-state index < -0.39 is 0 Å². The van der Waals surface area contributed by atoms with Crippen molar-refractivity contribution in [2.45, 2.75) is 6.92 Å². The highest BCUT2D eigenvalue weighted by atomic mass is 35.5. The van der Waals surface area contributed by atoms with E-state index in [2.05, 4.69) is 20.5 Å². The van der Waals surface area contributed by atoms with Crippen LogP contribution in [0.3, 0.4) is 0 Å². The molecule has 0 radical (unpaired) electrons. The lowest BCUT2D eigenvalue weighted by atomic mass is 10.2. The first kappa shape index (κ1) is 13.6. The van der Waals surface area contributed by atoms with Crippen LogP contribution in [0.2, 0.25) is 10.0 Å². The van der Waals surface area contributed by atoms with E-state index in [0.717, 1.165) is 5.56 Å². The van der Waals surface area contributed by atoms with Gasteiger partial charge in [-0.15, -0.1) is 0 Å². The second-order valence-corrected chi connectivity index (χ2v) is 4.61. The minimum atomic E-state index is -0.330. The molecular formula is C12H10Cl2N4O. The van der Waals surface area contributed by atoms with Crippen molar-refractivity contribution in [3.63, 3.8) is 0 Å². The summed E-state index contributed by atoms with van der Waals surface area (Å²) >= 11 is 11.7. The molecule has 1 aromatic heterocycles. The van der Waals surface area contributed by atoms with Gasteiger partial charge in [-0.2, -0.15) is 10.1 Å². The SMILES string of the molecule is Cc1cc(=O)nc(N/N=C/c2ccc(Cl)c(Cl)c2)[nH]1. The molecule has 2 rings (SSSR count). The molecular weight excluding hydrogens is 287 g/mol. The third kappa shape index (κ3) is 3.81. The van der Waals surface area contributed by atoms with Gasteiger partial charge < -0.3 is 4.98 Å². The molecule has 5 nitrogen and oxygen atoms in total. The van der Waals surface area contributed by atoms with Crippen LogP contribution >= 0.6 is 23.2 Å². The van der Waals surface area contributed by atoms with E-state index in [9.17, 15) is 4.79 Å². The molecule has 0 aliphatic heterocycles. The normalized spacial score (nSPS) is 10.9. The van der Waals surface area contributed by atoms with Gasteiger partial charge in [-0.25, -0.2) is 5.43 Å². The number of benzene rings is 1. The summed E-state index contributed by atoms with van der Waals surface area (Å²) in [4.78, 5) is 17.8. The van der Waals surface area contributed by atoms with E-state index in [1.807, 2.05) is 0 Å². The van der Waals surface area contributed by atoms with E-state index in [1.165, 1.54) is 6.07 Å². The van der Waals surface area contributed by atoms with Crippen LogP contribution in [0.5, 0.6) is 0 Å². The van der Waals surface area contributed by atoms with Crippen LogP contribution < -0.4 is 11.0 Å². The maximum Gasteiger partial charge on any atom is 0.274 e. The molecule has 19 heavy (non-hydrogen) atoms. The lowest BCUT2D eigenvalue weighted by Gasteiger charge is -2.00. The molecule has 98 valence electrons. The third-order valence-electron chi connectivity index (χ3n) is 2.21. The molecule has 1 aromatic carbocycles. The summed E-state index contributed by atoms with van der Waals surface area (Å²) in [7, 11) is 0. The second-order valence-electron chi connectivity index (χ2n) is 3.79. The predicted octanol–water partition coefficient (Wildman–Crippen LogP) is 2.83. The third-order valence-corrected chi connectivity index (χ3v) is 2.94. The number of H-pyrrole nitrogens is 1. The number of rotatable bonds is 3. The standard InChI is InChI=1S/C12H10Cl2N4O/c1-7-4-11(19)17-12(16-7)18-15-6-8-2-3-9(13)10(14)5-8/h2-6H,1H3,(H2,16,17,18,19)/b15-6+. The first-order valence-corrected chi connectivity index (χ1v) is 6.12. The van der Waals surface area contributed by atoms with Gasteiger partial charge in [-0.05, 0) is 24.6 Å². The number of nitrogens with zero attached hydrogens (tertiary/aromatic N) is 2. The van der Waals surface area contributed by atoms with Crippen molar-refractivity contribution < 1.29 is 0 Å². The molecule has 0 spiro atoms. The Morgan fingerprint density at radius 1 is 1.32 bits per heavy atom. The van der Waals surface area contributed by atoms with Crippen molar-refractivity contribution in [2.24, 2.45) is 5.10 Å². The monoisotopic (exact) mass is 296 g/mol. The van der Waals surface area contributed by atoms with Gasteiger partial charge in [0, 0.05) is 11.8 Å². The molecule has 0 amide bonds. The number of aromatic nitrogens is 2. The summed E-state index contributed by atoms with van der Waals surface area (Å²) in [5.41, 5.74) is 3.78. The minimum Gasteiger partial charge on any atom is -0.328 e. The van der Waals surface area contributed by atoms with Crippen molar-refractivity contribution in [1.82, 2.24) is 9.97 Å². The van der Waals surface area contributed by atoms with Gasteiger partial charge in [-0.3, -0.25) is 4.79 Å². The lowest BCUT2D eigenvalue weighted by Crippen LogP contribution is -2.10. The first-order valence-electron chi connectivity index (χ1n) is 5.37. The quantitative estimate of drug-likeness (QED) is 0.676. The summed E-state index contributed by atoms with van der Waals surface area (Å²) in [6, 6.07) is 6.53. The zero-order chi connectivity index (χ0) is 13.8. The van der Waals surface area contributed by atoms with Crippen LogP contribution in [0.15, 0.2) is 34.2 Å². The van der Waals surface area contributed by atoms with Crippen LogP contribution in [-0.4, -0.2) is 16.2 Å². The smallest absolute Gasteiger partial charge is 0.274 e. The number of hydrazone groups is 1. The summed E-state index contributed by atoms with van der Waals surface area (Å²) in [6.07, 6.45) is 1.55. The van der Waals surface area contributed by atoms with E-state index in [0.29, 0.717) is 15.7 Å². The number of hydrogen-bond acceptors (Lipinski definition) is 4. The Bertz CT molecular complexity index is 682. The van der Waals surface area contributed by atoms with Gasteiger partial charge in [0.15, 0.2) is 0 Å². The minimum absolute atomic E-state index is 0.279. The number of nitrogens with one attached hydrogen (secondary N) is 2. The molecule has 0 aliphatic rings. The highest BCUT2D eigenvalue weighted by Crippen LogP contribution is 2.21. The molecule has 0 fully saturated rings. The van der Waals surface area contributed by atoms with Gasteiger partial charge in [0.25, 0.3) is 5.56 Å². The molecule has 0 saturated heterocycles. The Kier molecular flexibility index (Phi) is 4.19. The van der Waals surface area contributed by atoms with Gasteiger partial charge in [-0.1, -0.05) is 29.3 Å². The summed E-state index contributed by atoms with van der Waals surface area (Å²) < 4.78 is 0. The van der Waals surface area contributed by atoms with Crippen LogP contribution in [0.1, 0.15) is 11.3 Å². The van der Waals surface area contributed by atoms with Crippen LogP contribution in [0.25, 0.3) is 0 Å². The van der Waals surface area contributed by atoms with Gasteiger partial charge in [0.2, 0.25) is 5.95 Å². The Labute approximate surface area is 119 Å². The first-order chi connectivity index (χ1) is 9.04. The van der Waals surface area contributed by atoms with E-state index >= 15 is 0 Å². The number of anilines is 1. The highest BCUT2D eigenvalue weighted by Gasteiger charge is 1.98. The topological polar surface area (TPSA) is 70.1 Å². The van der Waals surface area contributed by atoms with Crippen molar-refractivity contribution in [1.29, 1.82) is 0 Å². The maximum atomic E-state index is 11.2. The number of halogens is 2. The Balaban J connectivity index is 2.11. The fourth-order valence-corrected chi connectivity index (χ4v) is 1.70. The number of aromatic amines is 1. The average Bonchev–Trinajstić information content (AvgIpc) is 2.32. The average molecular weight is 297 g/mol. The van der Waals surface area contributed by atoms with Gasteiger partial charge in [0.1, 0.15) is 0 Å². The molecule has 0 bridgehead atoms. The Hall–Kier alpha value is -1.85. The van der Waals surface area contributed by atoms with Crippen LogP contribution in [-0.2, 0) is 0 Å². The molecule has 0 unspecified atom stereocenters. The van der Waals surface area contributed by atoms with Crippen molar-refractivity contribution in [2.75, 3.05) is 5.43 Å². The zero-order valence-corrected chi connectivity index (χ0v) is 11.5. The fourth-order valence-electron chi connectivity index (χ4n) is 1.39. The largest absolute Gasteiger partial charge is 0.328 e. The second kappa shape index (κ2) is 5.86. The number of aryl methyl sites for hydroxylation is 1. The van der Waals surface area contributed by atoms with Gasteiger partial charge in [0.05, 0.1) is 16.3 Å². The van der Waals surface area contributed by atoms with E-state index in [1.54, 1.807) is 31.3 Å². The summed E-state index contributed by atoms with van der Waals surface area (Å²) in [5, 5.41) is 4.89. The predicted molar refractivity (Wildman–Crippen MR) is 77.3 cm³/mol. The van der Waals surface area contributed by atoms with Crippen molar-refractivity contribution in [3.8, 4) is 0 Å². The summed E-state index contributed by atoms with van der Waals surface area (Å²) in [6.45, 7) is 1.76.